The lowest BCUT2D eigenvalue weighted by molar-refractivity contribution is -0.213. The van der Waals surface area contributed by atoms with Crippen LogP contribution in [0.4, 0.5) is 10.1 Å². The predicted molar refractivity (Wildman–Crippen MR) is 170 cm³/mol. The highest BCUT2D eigenvalue weighted by Gasteiger charge is 2.73. The van der Waals surface area contributed by atoms with Gasteiger partial charge in [0.15, 0.2) is 0 Å². The molecule has 5 aliphatic rings. The van der Waals surface area contributed by atoms with Gasteiger partial charge in [0.1, 0.15) is 17.5 Å². The number of thiocarbonyl (C=S) groups is 1. The number of benzene rings is 1. The maximum atomic E-state index is 14.0. The molecule has 0 radical (unpaired) electrons. The molecule has 0 N–H and O–H groups in total. The first-order chi connectivity index (χ1) is 19.9. The zero-order valence-corrected chi connectivity index (χ0v) is 27.5. The molecule has 5 fully saturated rings. The lowest BCUT2D eigenvalue weighted by Crippen LogP contribution is -2.69. The average molecular weight is 598 g/mol. The van der Waals surface area contributed by atoms with E-state index in [1.54, 1.807) is 0 Å². The van der Waals surface area contributed by atoms with E-state index in [9.17, 15) is 9.18 Å². The topological polar surface area (TPSA) is 38.8 Å². The molecule has 10 atom stereocenters. The number of carbonyl (C=O) groups excluding carboxylic acids is 1. The van der Waals surface area contributed by atoms with Crippen LogP contribution in [0, 0.1) is 52.2 Å². The molecular weight excluding hydrogens is 545 g/mol. The first-order valence-corrected chi connectivity index (χ1v) is 17.3. The summed E-state index contributed by atoms with van der Waals surface area (Å²) in [6.45, 7) is 13.8. The van der Waals surface area contributed by atoms with Crippen LogP contribution in [0.2, 0.25) is 0 Å². The lowest BCUT2D eigenvalue weighted by atomic mass is 9.42. The van der Waals surface area contributed by atoms with Gasteiger partial charge in [-0.3, -0.25) is 9.69 Å². The molecule has 1 saturated heterocycles. The fourth-order valence-corrected chi connectivity index (χ4v) is 11.7. The van der Waals surface area contributed by atoms with E-state index < -0.39 is 5.60 Å². The largest absolute Gasteiger partial charge is 0.462 e. The van der Waals surface area contributed by atoms with Crippen molar-refractivity contribution in [1.82, 2.24) is 0 Å². The Bertz CT molecular complexity index is 1190. The minimum Gasteiger partial charge on any atom is -0.462 e. The number of nitrogens with zero attached hydrogens (tertiary/aromatic N) is 1. The van der Waals surface area contributed by atoms with Crippen LogP contribution in [0.25, 0.3) is 0 Å². The second kappa shape index (κ2) is 11.0. The van der Waals surface area contributed by atoms with Crippen molar-refractivity contribution < 1.29 is 18.7 Å². The minimum atomic E-state index is -0.520. The second-order valence-electron chi connectivity index (χ2n) is 15.7. The molecule has 4 nitrogen and oxygen atoms in total. The van der Waals surface area contributed by atoms with Crippen molar-refractivity contribution in [3.05, 3.63) is 30.1 Å². The van der Waals surface area contributed by atoms with Crippen LogP contribution in [0.1, 0.15) is 112 Å². The number of fused-ring (bicyclic) bond motifs is 4. The van der Waals surface area contributed by atoms with E-state index in [4.69, 9.17) is 21.7 Å². The number of anilines is 1. The Morgan fingerprint density at radius 3 is 2.50 bits per heavy atom. The van der Waals surface area contributed by atoms with Crippen LogP contribution in [-0.2, 0) is 14.3 Å². The summed E-state index contributed by atoms with van der Waals surface area (Å²) in [5, 5.41) is 0.491. The molecule has 1 aromatic carbocycles. The summed E-state index contributed by atoms with van der Waals surface area (Å²) in [4.78, 5) is 14.3. The Morgan fingerprint density at radius 2 is 1.81 bits per heavy atom. The molecule has 1 spiro atoms. The van der Waals surface area contributed by atoms with Crippen molar-refractivity contribution >= 4 is 29.0 Å². The zero-order valence-electron chi connectivity index (χ0n) is 26.7. The molecule has 1 aliphatic heterocycles. The number of carbonyl (C=O) groups is 1. The van der Waals surface area contributed by atoms with Gasteiger partial charge in [0.05, 0.1) is 6.04 Å². The van der Waals surface area contributed by atoms with Crippen molar-refractivity contribution in [3.8, 4) is 0 Å². The maximum Gasteiger partial charge on any atom is 0.302 e. The predicted octanol–water partition coefficient (Wildman–Crippen LogP) is 9.10. The Hall–Kier alpha value is -1.69. The van der Waals surface area contributed by atoms with Gasteiger partial charge in [-0.05, 0) is 122 Å². The maximum absolute atomic E-state index is 14.0. The smallest absolute Gasteiger partial charge is 0.302 e. The molecular formula is C36H52FNO3S. The van der Waals surface area contributed by atoms with E-state index in [1.807, 2.05) is 12.1 Å². The Balaban J connectivity index is 1.35. The molecule has 1 aromatic rings. The average Bonchev–Trinajstić information content (AvgIpc) is 3.41. The SMILES string of the molecule is CC(=O)O[C@H]1CC[C@]2(C)[C@H]3CC[C@]4(C)[C@@H]([C@H](C)CCCC(C)C)CC[C@H]4[C@@H]3C[C@@H]3N(c4ccc(F)cc4)C(=S)O[C@@]32C1. The number of halogens is 1. The van der Waals surface area contributed by atoms with Gasteiger partial charge in [0.25, 0.3) is 5.17 Å². The first kappa shape index (κ1) is 30.3. The number of rotatable bonds is 7. The summed E-state index contributed by atoms with van der Waals surface area (Å²) in [5.41, 5.74) is 0.691. The summed E-state index contributed by atoms with van der Waals surface area (Å²) in [5.74, 6) is 3.75. The van der Waals surface area contributed by atoms with Gasteiger partial charge < -0.3 is 9.47 Å². The molecule has 232 valence electrons. The molecule has 6 heteroatoms. The molecule has 4 aliphatic carbocycles. The van der Waals surface area contributed by atoms with Crippen LogP contribution in [0.5, 0.6) is 0 Å². The summed E-state index contributed by atoms with van der Waals surface area (Å²) in [6, 6.07) is 6.78. The van der Waals surface area contributed by atoms with E-state index in [1.165, 1.54) is 64.0 Å². The molecule has 4 saturated carbocycles. The summed E-state index contributed by atoms with van der Waals surface area (Å²) < 4.78 is 26.8. The van der Waals surface area contributed by atoms with Crippen LogP contribution in [0.3, 0.4) is 0 Å². The second-order valence-corrected chi connectivity index (χ2v) is 16.0. The number of hydrogen-bond donors (Lipinski definition) is 0. The van der Waals surface area contributed by atoms with Gasteiger partial charge in [-0.15, -0.1) is 0 Å². The van der Waals surface area contributed by atoms with Crippen LogP contribution in [0.15, 0.2) is 24.3 Å². The molecule has 0 amide bonds. The van der Waals surface area contributed by atoms with E-state index in [-0.39, 0.29) is 29.3 Å². The Kier molecular flexibility index (Phi) is 7.97. The van der Waals surface area contributed by atoms with Gasteiger partial charge in [-0.2, -0.15) is 0 Å². The van der Waals surface area contributed by atoms with E-state index in [2.05, 4.69) is 39.5 Å². The molecule has 0 aromatic heterocycles. The van der Waals surface area contributed by atoms with Gasteiger partial charge in [0, 0.05) is 24.4 Å². The number of ether oxygens (including phenoxy) is 2. The first-order valence-electron chi connectivity index (χ1n) is 16.8. The third-order valence-electron chi connectivity index (χ3n) is 13.2. The van der Waals surface area contributed by atoms with Crippen LogP contribution in [-0.4, -0.2) is 28.9 Å². The summed E-state index contributed by atoms with van der Waals surface area (Å²) in [7, 11) is 0. The van der Waals surface area contributed by atoms with Gasteiger partial charge in [0.2, 0.25) is 0 Å². The molecule has 0 unspecified atom stereocenters. The van der Waals surface area contributed by atoms with Crippen molar-refractivity contribution in [2.24, 2.45) is 46.3 Å². The highest BCUT2D eigenvalue weighted by atomic mass is 32.1. The third-order valence-corrected chi connectivity index (χ3v) is 13.5. The third kappa shape index (κ3) is 4.72. The molecule has 42 heavy (non-hydrogen) atoms. The van der Waals surface area contributed by atoms with Gasteiger partial charge in [-0.1, -0.05) is 53.9 Å². The highest BCUT2D eigenvalue weighted by Crippen LogP contribution is 2.71. The Morgan fingerprint density at radius 1 is 1.07 bits per heavy atom. The quantitative estimate of drug-likeness (QED) is 0.232. The van der Waals surface area contributed by atoms with Crippen molar-refractivity contribution in [3.63, 3.8) is 0 Å². The summed E-state index contributed by atoms with van der Waals surface area (Å²) >= 11 is 6.00. The van der Waals surface area contributed by atoms with Crippen LogP contribution >= 0.6 is 12.2 Å². The van der Waals surface area contributed by atoms with Crippen LogP contribution < -0.4 is 4.90 Å². The zero-order chi connectivity index (χ0) is 30.0. The summed E-state index contributed by atoms with van der Waals surface area (Å²) in [6.07, 6.45) is 12.6. The van der Waals surface area contributed by atoms with Gasteiger partial charge >= 0.3 is 5.97 Å². The number of hydrogen-bond acceptors (Lipinski definition) is 4. The monoisotopic (exact) mass is 597 g/mol. The van der Waals surface area contributed by atoms with Crippen molar-refractivity contribution in [1.29, 1.82) is 0 Å². The molecule has 0 bridgehead atoms. The minimum absolute atomic E-state index is 0.0462. The van der Waals surface area contributed by atoms with Crippen molar-refractivity contribution in [2.75, 3.05) is 4.90 Å². The fourth-order valence-electron chi connectivity index (χ4n) is 11.3. The molecule has 1 heterocycles. The Labute approximate surface area is 258 Å². The number of esters is 1. The normalized spacial score (nSPS) is 41.4. The van der Waals surface area contributed by atoms with E-state index in [0.29, 0.717) is 34.8 Å². The van der Waals surface area contributed by atoms with E-state index in [0.717, 1.165) is 42.7 Å². The fraction of sp³-hybridized carbons (Fsp3) is 0.778. The highest BCUT2D eigenvalue weighted by molar-refractivity contribution is 7.80. The molecule has 6 rings (SSSR count). The van der Waals surface area contributed by atoms with Gasteiger partial charge in [-0.25, -0.2) is 4.39 Å². The standard InChI is InChI=1S/C36H52FNO3S/c1-22(2)8-7-9-23(3)29-14-15-30-28-20-32-36(41-33(42)38(32)26-12-10-25(37)11-13-26)21-27(40-24(4)39)16-19-35(36,6)31(28)17-18-34(29,30)5/h10-13,22-23,27-32H,7-9,14-21H2,1-6H3/t23-,27+,28+,29-,30+,31+,32+,34-,35-,36+/m1/s1. The van der Waals surface area contributed by atoms with E-state index >= 15 is 0 Å². The lowest BCUT2D eigenvalue weighted by Gasteiger charge is -2.65. The van der Waals surface area contributed by atoms with Crippen molar-refractivity contribution in [2.45, 2.75) is 130 Å².